The molecule has 0 atom stereocenters. The van der Waals surface area contributed by atoms with Crippen LogP contribution in [0.15, 0.2) is 127 Å². The summed E-state index contributed by atoms with van der Waals surface area (Å²) in [5, 5.41) is 5.14. The quantitative estimate of drug-likeness (QED) is 0.205. The van der Waals surface area contributed by atoms with Gasteiger partial charge in [-0.05, 0) is 93.8 Å². The molecule has 1 fully saturated rings. The van der Waals surface area contributed by atoms with Crippen LogP contribution in [-0.2, 0) is 10.8 Å². The van der Waals surface area contributed by atoms with E-state index < -0.39 is 0 Å². The summed E-state index contributed by atoms with van der Waals surface area (Å²) in [7, 11) is 0. The second kappa shape index (κ2) is 9.08. The lowest BCUT2D eigenvalue weighted by Gasteiger charge is -2.52. The van der Waals surface area contributed by atoms with Crippen molar-refractivity contribution in [3.8, 4) is 11.1 Å². The Balaban J connectivity index is 1.45. The van der Waals surface area contributed by atoms with Crippen LogP contribution >= 0.6 is 0 Å². The van der Waals surface area contributed by atoms with Crippen molar-refractivity contribution in [3.05, 3.63) is 139 Å². The van der Waals surface area contributed by atoms with E-state index in [2.05, 4.69) is 146 Å². The fraction of sp³-hybridized carbons (Fsp3) is 0.200. The summed E-state index contributed by atoms with van der Waals surface area (Å²) in [6.45, 7) is 5.00. The largest absolute Gasteiger partial charge is 0.309 e. The van der Waals surface area contributed by atoms with Gasteiger partial charge in [0, 0.05) is 22.1 Å². The lowest BCUT2D eigenvalue weighted by atomic mass is 9.52. The van der Waals surface area contributed by atoms with E-state index >= 15 is 0 Å². The monoisotopic (exact) mass is 529 g/mol. The van der Waals surface area contributed by atoms with Gasteiger partial charge in [-0.2, -0.15) is 0 Å². The molecule has 200 valence electrons. The molecule has 0 N–H and O–H groups in total. The van der Waals surface area contributed by atoms with Crippen LogP contribution in [0.3, 0.4) is 0 Å². The van der Waals surface area contributed by atoms with Crippen molar-refractivity contribution in [1.82, 2.24) is 0 Å². The third kappa shape index (κ3) is 3.68. The summed E-state index contributed by atoms with van der Waals surface area (Å²) in [5.74, 6) is 0. The summed E-state index contributed by atoms with van der Waals surface area (Å²) < 4.78 is 0. The Kier molecular flexibility index (Phi) is 5.41. The van der Waals surface area contributed by atoms with E-state index in [9.17, 15) is 0 Å². The average molecular weight is 530 g/mol. The number of hydrogen-bond acceptors (Lipinski definition) is 1. The van der Waals surface area contributed by atoms with Gasteiger partial charge in [0.05, 0.1) is 5.69 Å². The van der Waals surface area contributed by atoms with Gasteiger partial charge in [-0.25, -0.2) is 0 Å². The van der Waals surface area contributed by atoms with Gasteiger partial charge in [-0.15, -0.1) is 0 Å². The summed E-state index contributed by atoms with van der Waals surface area (Å²) in [6.07, 6.45) is 5.21. The first kappa shape index (κ1) is 24.4. The molecule has 0 radical (unpaired) electrons. The highest BCUT2D eigenvalue weighted by molar-refractivity contribution is 6.22. The molecule has 9 rings (SSSR count). The minimum Gasteiger partial charge on any atom is -0.309 e. The Labute approximate surface area is 243 Å². The average Bonchev–Trinajstić information content (AvgIpc) is 3.03. The predicted molar refractivity (Wildman–Crippen MR) is 175 cm³/mol. The molecule has 0 saturated heterocycles. The first-order valence-electron chi connectivity index (χ1n) is 15.0. The van der Waals surface area contributed by atoms with Crippen LogP contribution in [0.4, 0.5) is 17.1 Å². The van der Waals surface area contributed by atoms with E-state index in [4.69, 9.17) is 0 Å². The molecule has 3 aliphatic carbocycles. The number of fused-ring (bicyclic) bond motifs is 4. The van der Waals surface area contributed by atoms with Crippen molar-refractivity contribution in [2.24, 2.45) is 0 Å². The number of nitrogens with zero attached hydrogens (tertiary/aromatic N) is 1. The molecule has 6 aromatic carbocycles. The molecular weight excluding hydrogens is 494 g/mol. The number of anilines is 3. The Morgan fingerprint density at radius 1 is 0.463 bits per heavy atom. The summed E-state index contributed by atoms with van der Waals surface area (Å²) in [6, 6.07) is 47.0. The molecular formula is C40H35N. The van der Waals surface area contributed by atoms with E-state index in [0.29, 0.717) is 5.41 Å². The summed E-state index contributed by atoms with van der Waals surface area (Å²) in [5.41, 5.74) is 10.0. The van der Waals surface area contributed by atoms with Crippen LogP contribution in [0.5, 0.6) is 0 Å². The van der Waals surface area contributed by atoms with E-state index in [0.717, 1.165) is 11.4 Å². The van der Waals surface area contributed by atoms with Crippen LogP contribution < -0.4 is 4.90 Å². The number of benzene rings is 6. The van der Waals surface area contributed by atoms with Crippen LogP contribution in [0.2, 0.25) is 0 Å². The Bertz CT molecular complexity index is 1810. The van der Waals surface area contributed by atoms with Crippen LogP contribution in [0.1, 0.15) is 50.7 Å². The van der Waals surface area contributed by atoms with Crippen molar-refractivity contribution in [3.63, 3.8) is 0 Å². The third-order valence-electron chi connectivity index (χ3n) is 10.2. The van der Waals surface area contributed by atoms with Gasteiger partial charge >= 0.3 is 0 Å². The Morgan fingerprint density at radius 3 is 1.41 bits per heavy atom. The first-order valence-corrected chi connectivity index (χ1v) is 15.0. The fourth-order valence-electron chi connectivity index (χ4n) is 7.84. The molecule has 6 aromatic rings. The SMILES string of the molecule is CC12CCC(C)(CC1)c1cc(-c3c4ccccc4c(N(c4ccccc4)c4ccccc4)c4ccccc34)ccc12. The zero-order chi connectivity index (χ0) is 27.6. The summed E-state index contributed by atoms with van der Waals surface area (Å²) in [4.78, 5) is 2.43. The van der Waals surface area contributed by atoms with Crippen molar-refractivity contribution in [1.29, 1.82) is 0 Å². The van der Waals surface area contributed by atoms with Crippen LogP contribution in [-0.4, -0.2) is 0 Å². The van der Waals surface area contributed by atoms with Crippen molar-refractivity contribution < 1.29 is 0 Å². The smallest absolute Gasteiger partial charge is 0.0618 e. The molecule has 0 unspecified atom stereocenters. The van der Waals surface area contributed by atoms with E-state index in [1.807, 2.05) is 0 Å². The number of para-hydroxylation sites is 2. The highest BCUT2D eigenvalue weighted by atomic mass is 15.1. The molecule has 0 aliphatic heterocycles. The highest BCUT2D eigenvalue weighted by Gasteiger charge is 2.47. The fourth-order valence-corrected chi connectivity index (χ4v) is 7.84. The van der Waals surface area contributed by atoms with E-state index in [-0.39, 0.29) is 5.41 Å². The minimum atomic E-state index is 0.284. The molecule has 0 heterocycles. The van der Waals surface area contributed by atoms with Gasteiger partial charge < -0.3 is 4.90 Å². The van der Waals surface area contributed by atoms with Crippen LogP contribution in [0.25, 0.3) is 32.7 Å². The molecule has 3 aliphatic rings. The predicted octanol–water partition coefficient (Wildman–Crippen LogP) is 11.2. The summed E-state index contributed by atoms with van der Waals surface area (Å²) >= 11 is 0. The van der Waals surface area contributed by atoms with Gasteiger partial charge in [0.2, 0.25) is 0 Å². The first-order chi connectivity index (χ1) is 20.1. The highest BCUT2D eigenvalue weighted by Crippen LogP contribution is 2.57. The second-order valence-electron chi connectivity index (χ2n) is 12.7. The third-order valence-corrected chi connectivity index (χ3v) is 10.2. The van der Waals surface area contributed by atoms with Gasteiger partial charge in [0.1, 0.15) is 0 Å². The molecule has 1 saturated carbocycles. The standard InChI is InChI=1S/C40H35N/c1-39-23-25-40(2,26-24-39)36-27-28(21-22-35(36)39)37-31-17-9-11-19-33(31)38(34-20-12-10-18-32(34)37)41(29-13-5-3-6-14-29)30-15-7-4-8-16-30/h3-22,27H,23-26H2,1-2H3. The molecule has 1 nitrogen and oxygen atoms in total. The van der Waals surface area contributed by atoms with Gasteiger partial charge in [-0.3, -0.25) is 0 Å². The zero-order valence-electron chi connectivity index (χ0n) is 23.9. The number of hydrogen-bond donors (Lipinski definition) is 0. The Hall–Kier alpha value is -4.36. The van der Waals surface area contributed by atoms with E-state index in [1.165, 1.54) is 64.0 Å². The zero-order valence-corrected chi connectivity index (χ0v) is 23.9. The van der Waals surface area contributed by atoms with Crippen molar-refractivity contribution >= 4 is 38.6 Å². The normalized spacial score (nSPS) is 21.2. The van der Waals surface area contributed by atoms with Crippen molar-refractivity contribution in [2.75, 3.05) is 4.90 Å². The maximum Gasteiger partial charge on any atom is 0.0618 e. The lowest BCUT2D eigenvalue weighted by molar-refractivity contribution is 0.188. The molecule has 0 spiro atoms. The second-order valence-corrected chi connectivity index (χ2v) is 12.7. The maximum absolute atomic E-state index is 2.56. The van der Waals surface area contributed by atoms with E-state index in [1.54, 1.807) is 11.1 Å². The van der Waals surface area contributed by atoms with Crippen LogP contribution in [0, 0.1) is 0 Å². The molecule has 2 bridgehead atoms. The molecule has 41 heavy (non-hydrogen) atoms. The lowest BCUT2D eigenvalue weighted by Crippen LogP contribution is -2.44. The molecule has 1 heteroatoms. The molecule has 0 amide bonds. The molecule has 0 aromatic heterocycles. The Morgan fingerprint density at radius 2 is 0.902 bits per heavy atom. The number of rotatable bonds is 4. The van der Waals surface area contributed by atoms with Gasteiger partial charge in [-0.1, -0.05) is 117 Å². The van der Waals surface area contributed by atoms with Gasteiger partial charge in [0.25, 0.3) is 0 Å². The minimum absolute atomic E-state index is 0.284. The maximum atomic E-state index is 2.56. The van der Waals surface area contributed by atoms with Crippen molar-refractivity contribution in [2.45, 2.75) is 50.4 Å². The van der Waals surface area contributed by atoms with Gasteiger partial charge in [0.15, 0.2) is 0 Å². The topological polar surface area (TPSA) is 3.24 Å².